The van der Waals surface area contributed by atoms with Gasteiger partial charge in [0.05, 0.1) is 0 Å². The van der Waals surface area contributed by atoms with Gasteiger partial charge in [-0.15, -0.1) is 10.2 Å². The number of ether oxygens (including phenoxy) is 1. The summed E-state index contributed by atoms with van der Waals surface area (Å²) in [5.74, 6) is 2.73. The first kappa shape index (κ1) is 19.0. The molecule has 1 atom stereocenters. The van der Waals surface area contributed by atoms with Gasteiger partial charge in [0.1, 0.15) is 17.5 Å². The van der Waals surface area contributed by atoms with Crippen LogP contribution in [0.5, 0.6) is 0 Å². The number of piperidine rings is 1. The minimum atomic E-state index is -0.224. The summed E-state index contributed by atoms with van der Waals surface area (Å²) in [5.41, 5.74) is 1.04. The molecule has 0 bridgehead atoms. The molecule has 0 unspecified atom stereocenters. The molecule has 2 fully saturated rings. The van der Waals surface area contributed by atoms with Gasteiger partial charge in [-0.25, -0.2) is 0 Å². The van der Waals surface area contributed by atoms with E-state index in [9.17, 15) is 4.79 Å². The second kappa shape index (κ2) is 8.06. The summed E-state index contributed by atoms with van der Waals surface area (Å²) in [6.45, 7) is 3.95. The Kier molecular flexibility index (Phi) is 5.12. The number of nitrogens with one attached hydrogen (secondary N) is 1. The van der Waals surface area contributed by atoms with Gasteiger partial charge in [0, 0.05) is 31.7 Å². The van der Waals surface area contributed by atoms with Crippen LogP contribution in [0, 0.1) is 6.92 Å². The molecule has 5 heterocycles. The second-order valence-electron chi connectivity index (χ2n) is 7.95. The van der Waals surface area contributed by atoms with Crippen molar-refractivity contribution in [3.8, 4) is 11.5 Å². The molecule has 158 valence electrons. The van der Waals surface area contributed by atoms with E-state index in [1.54, 1.807) is 11.0 Å². The summed E-state index contributed by atoms with van der Waals surface area (Å²) in [4.78, 5) is 15.1. The highest BCUT2D eigenvalue weighted by atomic mass is 16.5. The summed E-state index contributed by atoms with van der Waals surface area (Å²) < 4.78 is 17.1. The van der Waals surface area contributed by atoms with Crippen LogP contribution in [0.25, 0.3) is 11.5 Å². The Morgan fingerprint density at radius 3 is 2.73 bits per heavy atom. The smallest absolute Gasteiger partial charge is 0.275 e. The minimum absolute atomic E-state index is 0.142. The molecule has 9 nitrogen and oxygen atoms in total. The van der Waals surface area contributed by atoms with E-state index in [2.05, 4.69) is 20.4 Å². The first-order valence-corrected chi connectivity index (χ1v) is 10.5. The number of rotatable bonds is 4. The van der Waals surface area contributed by atoms with Gasteiger partial charge < -0.3 is 18.5 Å². The van der Waals surface area contributed by atoms with Crippen molar-refractivity contribution in [2.45, 2.75) is 51.0 Å². The molecule has 3 aromatic rings. The minimum Gasteiger partial charge on any atom is -0.460 e. The normalized spacial score (nSPS) is 20.6. The van der Waals surface area contributed by atoms with Crippen LogP contribution in [-0.4, -0.2) is 51.0 Å². The van der Waals surface area contributed by atoms with E-state index in [-0.39, 0.29) is 17.9 Å². The van der Waals surface area contributed by atoms with Gasteiger partial charge in [-0.05, 0) is 51.2 Å². The van der Waals surface area contributed by atoms with E-state index < -0.39 is 0 Å². The summed E-state index contributed by atoms with van der Waals surface area (Å²) in [7, 11) is 0. The Balaban J connectivity index is 1.36. The SMILES string of the molecule is Cc1ccc(-c2cc(C(=O)N3CCCC[C@@H]3c3nnc(C4CCOCC4)o3)n[nH]2)o1. The Morgan fingerprint density at radius 2 is 1.93 bits per heavy atom. The van der Waals surface area contributed by atoms with Gasteiger partial charge in [0.15, 0.2) is 11.5 Å². The number of carbonyl (C=O) groups excluding carboxylic acids is 1. The molecule has 0 aliphatic carbocycles. The van der Waals surface area contributed by atoms with Crippen LogP contribution in [0.4, 0.5) is 0 Å². The highest BCUT2D eigenvalue weighted by Crippen LogP contribution is 2.34. The van der Waals surface area contributed by atoms with E-state index in [1.165, 1.54) is 0 Å². The maximum Gasteiger partial charge on any atom is 0.275 e. The van der Waals surface area contributed by atoms with Gasteiger partial charge in [0.2, 0.25) is 11.8 Å². The Morgan fingerprint density at radius 1 is 1.10 bits per heavy atom. The van der Waals surface area contributed by atoms with Crippen LogP contribution in [0.2, 0.25) is 0 Å². The predicted molar refractivity (Wildman–Crippen MR) is 106 cm³/mol. The van der Waals surface area contributed by atoms with Crippen molar-refractivity contribution in [1.29, 1.82) is 0 Å². The number of likely N-dealkylation sites (tertiary alicyclic amines) is 1. The van der Waals surface area contributed by atoms with Crippen molar-refractivity contribution in [3.05, 3.63) is 41.4 Å². The molecule has 9 heteroatoms. The molecule has 1 N–H and O–H groups in total. The largest absolute Gasteiger partial charge is 0.460 e. The van der Waals surface area contributed by atoms with Crippen molar-refractivity contribution in [3.63, 3.8) is 0 Å². The molecule has 0 radical (unpaired) electrons. The Bertz CT molecular complexity index is 1020. The number of hydrogen-bond donors (Lipinski definition) is 1. The molecule has 5 rings (SSSR count). The average molecular weight is 411 g/mol. The zero-order chi connectivity index (χ0) is 20.5. The lowest BCUT2D eigenvalue weighted by atomic mass is 10.0. The van der Waals surface area contributed by atoms with E-state index in [1.807, 2.05) is 19.1 Å². The molecule has 3 aromatic heterocycles. The van der Waals surface area contributed by atoms with Gasteiger partial charge in [-0.1, -0.05) is 0 Å². The number of nitrogens with zero attached hydrogens (tertiary/aromatic N) is 4. The quantitative estimate of drug-likeness (QED) is 0.698. The standard InChI is InChI=1S/C21H25N5O4/c1-13-5-6-18(29-13)15-12-16(23-22-15)21(27)26-9-3-2-4-17(26)20-25-24-19(30-20)14-7-10-28-11-8-14/h5-6,12,14,17H,2-4,7-11H2,1H3,(H,22,23)/t17-/m1/s1. The molecule has 0 spiro atoms. The van der Waals surface area contributed by atoms with Crippen molar-refractivity contribution >= 4 is 5.91 Å². The number of hydrogen-bond acceptors (Lipinski definition) is 7. The van der Waals surface area contributed by atoms with Crippen molar-refractivity contribution < 1.29 is 18.4 Å². The van der Waals surface area contributed by atoms with E-state index in [0.29, 0.717) is 48.7 Å². The van der Waals surface area contributed by atoms with Crippen LogP contribution in [0.15, 0.2) is 27.0 Å². The van der Waals surface area contributed by atoms with Gasteiger partial charge in [0.25, 0.3) is 5.91 Å². The van der Waals surface area contributed by atoms with Crippen molar-refractivity contribution in [2.24, 2.45) is 0 Å². The van der Waals surface area contributed by atoms with E-state index in [4.69, 9.17) is 13.6 Å². The third kappa shape index (κ3) is 3.65. The topological polar surface area (TPSA) is 110 Å². The lowest BCUT2D eigenvalue weighted by Crippen LogP contribution is -2.38. The van der Waals surface area contributed by atoms with Crippen LogP contribution >= 0.6 is 0 Å². The fraction of sp³-hybridized carbons (Fsp3) is 0.524. The average Bonchev–Trinajstić information content (AvgIpc) is 3.54. The molecule has 2 aliphatic heterocycles. The van der Waals surface area contributed by atoms with Crippen LogP contribution in [-0.2, 0) is 4.74 Å². The maximum atomic E-state index is 13.2. The highest BCUT2D eigenvalue weighted by Gasteiger charge is 2.34. The maximum absolute atomic E-state index is 13.2. The third-order valence-electron chi connectivity index (χ3n) is 5.88. The zero-order valence-electron chi connectivity index (χ0n) is 17.0. The van der Waals surface area contributed by atoms with Crippen molar-refractivity contribution in [1.82, 2.24) is 25.3 Å². The third-order valence-corrected chi connectivity index (χ3v) is 5.88. The first-order valence-electron chi connectivity index (χ1n) is 10.5. The Hall–Kier alpha value is -2.94. The number of aromatic amines is 1. The molecular formula is C21H25N5O4. The zero-order valence-corrected chi connectivity index (χ0v) is 17.0. The summed E-state index contributed by atoms with van der Waals surface area (Å²) in [6, 6.07) is 5.24. The van der Waals surface area contributed by atoms with Crippen LogP contribution in [0.1, 0.15) is 72.1 Å². The fourth-order valence-corrected chi connectivity index (χ4v) is 4.21. The van der Waals surface area contributed by atoms with Crippen LogP contribution in [0.3, 0.4) is 0 Å². The number of aryl methyl sites for hydroxylation is 1. The van der Waals surface area contributed by atoms with Gasteiger partial charge in [-0.2, -0.15) is 5.10 Å². The molecule has 2 saturated heterocycles. The number of furan rings is 1. The van der Waals surface area contributed by atoms with Crippen LogP contribution < -0.4 is 0 Å². The molecule has 0 aromatic carbocycles. The lowest BCUT2D eigenvalue weighted by molar-refractivity contribution is 0.0555. The number of H-pyrrole nitrogens is 1. The van der Waals surface area contributed by atoms with E-state index in [0.717, 1.165) is 37.9 Å². The fourth-order valence-electron chi connectivity index (χ4n) is 4.21. The number of carbonyl (C=O) groups is 1. The molecule has 30 heavy (non-hydrogen) atoms. The van der Waals surface area contributed by atoms with E-state index >= 15 is 0 Å². The first-order chi connectivity index (χ1) is 14.7. The second-order valence-corrected chi connectivity index (χ2v) is 7.95. The number of amides is 1. The van der Waals surface area contributed by atoms with Gasteiger partial charge in [-0.3, -0.25) is 9.89 Å². The molecule has 0 saturated carbocycles. The molecule has 1 amide bonds. The Labute approximate surface area is 173 Å². The van der Waals surface area contributed by atoms with Gasteiger partial charge >= 0.3 is 0 Å². The molecular weight excluding hydrogens is 386 g/mol. The summed E-state index contributed by atoms with van der Waals surface area (Å²) >= 11 is 0. The monoisotopic (exact) mass is 411 g/mol. The van der Waals surface area contributed by atoms with Crippen molar-refractivity contribution in [2.75, 3.05) is 19.8 Å². The predicted octanol–water partition coefficient (Wildman–Crippen LogP) is 3.62. The highest BCUT2D eigenvalue weighted by molar-refractivity contribution is 5.93. The lowest BCUT2D eigenvalue weighted by Gasteiger charge is -2.33. The summed E-state index contributed by atoms with van der Waals surface area (Å²) in [5, 5.41) is 15.7. The number of aromatic nitrogens is 4. The molecule has 2 aliphatic rings. The summed E-state index contributed by atoms with van der Waals surface area (Å²) in [6.07, 6.45) is 4.53.